The molecule has 0 saturated carbocycles. The van der Waals surface area contributed by atoms with Gasteiger partial charge in [0, 0.05) is 18.8 Å². The van der Waals surface area contributed by atoms with Gasteiger partial charge in [0.15, 0.2) is 0 Å². The van der Waals surface area contributed by atoms with Gasteiger partial charge in [-0.05, 0) is 12.5 Å². The van der Waals surface area contributed by atoms with E-state index in [1.165, 1.54) is 6.07 Å². The van der Waals surface area contributed by atoms with E-state index in [2.05, 4.69) is 14.9 Å². The van der Waals surface area contributed by atoms with Crippen LogP contribution in [0.1, 0.15) is 19.2 Å². The van der Waals surface area contributed by atoms with Crippen molar-refractivity contribution in [2.45, 2.75) is 24.5 Å². The summed E-state index contributed by atoms with van der Waals surface area (Å²) in [4.78, 5) is 0. The Bertz CT molecular complexity index is 630. The standard InChI is InChI=1S/C10H13N3O3S2/c1-3-4-11-18(14,15)9-5-8(6-17-9)10-13-12-7(2)16-10/h5-6,11H,3-4H2,1-2H3. The molecule has 2 heterocycles. The summed E-state index contributed by atoms with van der Waals surface area (Å²) < 4.78 is 31.8. The van der Waals surface area contributed by atoms with Crippen LogP contribution in [0.5, 0.6) is 0 Å². The van der Waals surface area contributed by atoms with Gasteiger partial charge in [-0.25, -0.2) is 13.1 Å². The smallest absolute Gasteiger partial charge is 0.250 e. The van der Waals surface area contributed by atoms with Crippen LogP contribution in [-0.4, -0.2) is 25.2 Å². The molecule has 0 unspecified atom stereocenters. The number of sulfonamides is 1. The third kappa shape index (κ3) is 2.77. The zero-order chi connectivity index (χ0) is 13.2. The molecule has 0 bridgehead atoms. The zero-order valence-corrected chi connectivity index (χ0v) is 11.6. The lowest BCUT2D eigenvalue weighted by molar-refractivity contribution is 0.533. The van der Waals surface area contributed by atoms with Gasteiger partial charge >= 0.3 is 0 Å². The molecule has 0 aliphatic rings. The number of rotatable bonds is 5. The summed E-state index contributed by atoms with van der Waals surface area (Å²) >= 11 is 1.13. The van der Waals surface area contributed by atoms with Crippen LogP contribution in [0.2, 0.25) is 0 Å². The van der Waals surface area contributed by atoms with E-state index in [1.54, 1.807) is 12.3 Å². The highest BCUT2D eigenvalue weighted by Gasteiger charge is 2.18. The van der Waals surface area contributed by atoms with E-state index < -0.39 is 10.0 Å². The van der Waals surface area contributed by atoms with Crippen molar-refractivity contribution in [1.29, 1.82) is 0 Å². The summed E-state index contributed by atoms with van der Waals surface area (Å²) in [5.74, 6) is 0.783. The second-order valence-electron chi connectivity index (χ2n) is 3.68. The number of aromatic nitrogens is 2. The lowest BCUT2D eigenvalue weighted by Gasteiger charge is -2.01. The van der Waals surface area contributed by atoms with E-state index in [-0.39, 0.29) is 4.21 Å². The second kappa shape index (κ2) is 5.17. The molecule has 98 valence electrons. The van der Waals surface area contributed by atoms with E-state index in [4.69, 9.17) is 4.42 Å². The molecule has 2 aromatic heterocycles. The van der Waals surface area contributed by atoms with E-state index >= 15 is 0 Å². The fourth-order valence-corrected chi connectivity index (χ4v) is 3.62. The van der Waals surface area contributed by atoms with Crippen LogP contribution in [0.25, 0.3) is 11.5 Å². The molecule has 8 heteroatoms. The van der Waals surface area contributed by atoms with Crippen LogP contribution in [0.15, 0.2) is 20.1 Å². The molecule has 2 aromatic rings. The van der Waals surface area contributed by atoms with Crippen LogP contribution in [0, 0.1) is 6.92 Å². The van der Waals surface area contributed by atoms with Crippen molar-refractivity contribution in [3.05, 3.63) is 17.3 Å². The van der Waals surface area contributed by atoms with Crippen LogP contribution in [-0.2, 0) is 10.0 Å². The minimum Gasteiger partial charge on any atom is -0.421 e. The number of thiophene rings is 1. The lowest BCUT2D eigenvalue weighted by atomic mass is 10.3. The van der Waals surface area contributed by atoms with Crippen LogP contribution in [0.4, 0.5) is 0 Å². The van der Waals surface area contributed by atoms with E-state index in [0.29, 0.717) is 23.9 Å². The number of hydrogen-bond donors (Lipinski definition) is 1. The van der Waals surface area contributed by atoms with Crippen LogP contribution in [0.3, 0.4) is 0 Å². The molecule has 0 atom stereocenters. The minimum atomic E-state index is -3.42. The Hall–Kier alpha value is -1.25. The Labute approximate surface area is 109 Å². The summed E-state index contributed by atoms with van der Waals surface area (Å²) in [7, 11) is -3.42. The highest BCUT2D eigenvalue weighted by molar-refractivity contribution is 7.91. The molecule has 6 nitrogen and oxygen atoms in total. The molecule has 0 radical (unpaired) electrons. The average Bonchev–Trinajstić information content (AvgIpc) is 2.94. The van der Waals surface area contributed by atoms with Gasteiger partial charge in [0.05, 0.1) is 5.56 Å². The number of aryl methyl sites for hydroxylation is 1. The highest BCUT2D eigenvalue weighted by Crippen LogP contribution is 2.27. The van der Waals surface area contributed by atoms with Crippen molar-refractivity contribution >= 4 is 21.4 Å². The second-order valence-corrected chi connectivity index (χ2v) is 6.58. The van der Waals surface area contributed by atoms with E-state index in [1.807, 2.05) is 6.92 Å². The summed E-state index contributed by atoms with van der Waals surface area (Å²) in [5.41, 5.74) is 0.623. The Morgan fingerprint density at radius 2 is 2.22 bits per heavy atom. The third-order valence-electron chi connectivity index (χ3n) is 2.16. The van der Waals surface area contributed by atoms with Gasteiger partial charge in [-0.15, -0.1) is 21.5 Å². The van der Waals surface area contributed by atoms with E-state index in [9.17, 15) is 8.42 Å². The van der Waals surface area contributed by atoms with Crippen molar-refractivity contribution < 1.29 is 12.8 Å². The Morgan fingerprint density at radius 3 is 2.83 bits per heavy atom. The Morgan fingerprint density at radius 1 is 1.44 bits per heavy atom. The van der Waals surface area contributed by atoms with Gasteiger partial charge in [-0.1, -0.05) is 6.92 Å². The van der Waals surface area contributed by atoms with Gasteiger partial charge < -0.3 is 4.42 Å². The quantitative estimate of drug-likeness (QED) is 0.906. The molecular weight excluding hydrogens is 274 g/mol. The summed E-state index contributed by atoms with van der Waals surface area (Å²) in [6.45, 7) is 4.02. The lowest BCUT2D eigenvalue weighted by Crippen LogP contribution is -2.23. The molecule has 0 spiro atoms. The first-order chi connectivity index (χ1) is 8.53. The number of nitrogens with zero attached hydrogens (tertiary/aromatic N) is 2. The normalized spacial score (nSPS) is 11.9. The number of hydrogen-bond acceptors (Lipinski definition) is 6. The maximum absolute atomic E-state index is 11.9. The van der Waals surface area contributed by atoms with Crippen molar-refractivity contribution in [3.63, 3.8) is 0 Å². The fourth-order valence-electron chi connectivity index (χ4n) is 1.29. The van der Waals surface area contributed by atoms with Crippen LogP contribution < -0.4 is 4.72 Å². The summed E-state index contributed by atoms with van der Waals surface area (Å²) in [6, 6.07) is 1.54. The maximum atomic E-state index is 11.9. The maximum Gasteiger partial charge on any atom is 0.250 e. The largest absolute Gasteiger partial charge is 0.421 e. The molecular formula is C10H13N3O3S2. The number of nitrogens with one attached hydrogen (secondary N) is 1. The van der Waals surface area contributed by atoms with Crippen molar-refractivity contribution in [2.24, 2.45) is 0 Å². The van der Waals surface area contributed by atoms with Gasteiger partial charge in [-0.3, -0.25) is 0 Å². The predicted molar refractivity (Wildman–Crippen MR) is 67.8 cm³/mol. The third-order valence-corrected chi connectivity index (χ3v) is 5.06. The van der Waals surface area contributed by atoms with Gasteiger partial charge in [0.2, 0.25) is 21.8 Å². The molecule has 18 heavy (non-hydrogen) atoms. The Kier molecular flexibility index (Phi) is 3.79. The highest BCUT2D eigenvalue weighted by atomic mass is 32.2. The van der Waals surface area contributed by atoms with Gasteiger partial charge in [0.25, 0.3) is 0 Å². The summed E-state index contributed by atoms with van der Waals surface area (Å²) in [5, 5.41) is 9.24. The molecule has 0 aliphatic carbocycles. The first-order valence-corrected chi connectivity index (χ1v) is 7.78. The first kappa shape index (κ1) is 13.2. The Balaban J connectivity index is 2.25. The van der Waals surface area contributed by atoms with Crippen molar-refractivity contribution in [1.82, 2.24) is 14.9 Å². The van der Waals surface area contributed by atoms with Gasteiger partial charge in [-0.2, -0.15) is 0 Å². The average molecular weight is 287 g/mol. The van der Waals surface area contributed by atoms with Crippen molar-refractivity contribution in [3.8, 4) is 11.5 Å². The predicted octanol–water partition coefficient (Wildman–Crippen LogP) is 1.79. The topological polar surface area (TPSA) is 85.1 Å². The monoisotopic (exact) mass is 287 g/mol. The fraction of sp³-hybridized carbons (Fsp3) is 0.400. The van der Waals surface area contributed by atoms with Crippen molar-refractivity contribution in [2.75, 3.05) is 6.54 Å². The minimum absolute atomic E-state index is 0.252. The first-order valence-electron chi connectivity index (χ1n) is 5.41. The molecule has 0 amide bonds. The molecule has 0 aliphatic heterocycles. The van der Waals surface area contributed by atoms with Crippen LogP contribution >= 0.6 is 11.3 Å². The molecule has 0 aromatic carbocycles. The zero-order valence-electron chi connectivity index (χ0n) is 10.0. The van der Waals surface area contributed by atoms with E-state index in [0.717, 1.165) is 17.8 Å². The van der Waals surface area contributed by atoms with Gasteiger partial charge in [0.1, 0.15) is 4.21 Å². The molecule has 0 saturated heterocycles. The molecule has 0 fully saturated rings. The SMILES string of the molecule is CCCNS(=O)(=O)c1cc(-c2nnc(C)o2)cs1. The summed E-state index contributed by atoms with van der Waals surface area (Å²) in [6.07, 6.45) is 0.750. The molecule has 1 N–H and O–H groups in total. The molecule has 2 rings (SSSR count).